The largest absolute Gasteiger partial charge is 0.462 e. The monoisotopic (exact) mass is 441 g/mol. The second kappa shape index (κ2) is 10.00. The normalized spacial score (nSPS) is 10.3. The lowest BCUT2D eigenvalue weighted by Crippen LogP contribution is -2.08. The molecule has 0 saturated heterocycles. The fourth-order valence-electron chi connectivity index (χ4n) is 2.78. The van der Waals surface area contributed by atoms with Crippen molar-refractivity contribution in [2.75, 3.05) is 11.9 Å². The van der Waals surface area contributed by atoms with Crippen LogP contribution < -0.4 is 5.32 Å². The Morgan fingerprint density at radius 1 is 1.23 bits per heavy atom. The predicted molar refractivity (Wildman–Crippen MR) is 119 cm³/mol. The zero-order valence-corrected chi connectivity index (χ0v) is 17.8. The molecule has 1 N–H and O–H groups in total. The molecule has 1 aromatic carbocycles. The Bertz CT molecular complexity index is 1080. The third-order valence-electron chi connectivity index (χ3n) is 4.22. The van der Waals surface area contributed by atoms with Gasteiger partial charge in [-0.15, -0.1) is 23.7 Å². The van der Waals surface area contributed by atoms with Crippen LogP contribution in [0, 0.1) is 0 Å². The van der Waals surface area contributed by atoms with Gasteiger partial charge in [0.05, 0.1) is 17.7 Å². The Kier molecular flexibility index (Phi) is 7.16. The lowest BCUT2D eigenvalue weighted by atomic mass is 10.1. The molecule has 0 amide bonds. The van der Waals surface area contributed by atoms with Gasteiger partial charge in [-0.2, -0.15) is 4.98 Å². The van der Waals surface area contributed by atoms with E-state index in [2.05, 4.69) is 20.3 Å². The van der Waals surface area contributed by atoms with Gasteiger partial charge >= 0.3 is 5.97 Å². The zero-order chi connectivity index (χ0) is 20.1. The molecule has 30 heavy (non-hydrogen) atoms. The molecule has 0 aliphatic carbocycles. The number of benzene rings is 1. The first kappa shape index (κ1) is 21.5. The SMILES string of the molecule is CCOC(=O)c1ccc(CNc2nc(-n3ccnc3)ncc2-c2cccs2)cc1.Cl. The van der Waals surface area contributed by atoms with E-state index < -0.39 is 0 Å². The van der Waals surface area contributed by atoms with Crippen LogP contribution in [-0.2, 0) is 11.3 Å². The number of hydrogen-bond acceptors (Lipinski definition) is 7. The Morgan fingerprint density at radius 3 is 2.73 bits per heavy atom. The summed E-state index contributed by atoms with van der Waals surface area (Å²) in [7, 11) is 0. The standard InChI is InChI=1S/C21H19N5O2S.ClH/c1-2-28-20(27)16-7-5-15(6-8-16)12-23-19-17(18-4-3-11-29-18)13-24-21(25-19)26-10-9-22-14-26;/h3-11,13-14H,2,12H2,1H3,(H,23,24,25);1H. The highest BCUT2D eigenvalue weighted by Crippen LogP contribution is 2.30. The van der Waals surface area contributed by atoms with Crippen LogP contribution in [-0.4, -0.2) is 32.1 Å². The van der Waals surface area contributed by atoms with E-state index in [1.165, 1.54) is 0 Å². The van der Waals surface area contributed by atoms with Gasteiger partial charge in [0.1, 0.15) is 12.1 Å². The highest BCUT2D eigenvalue weighted by molar-refractivity contribution is 7.13. The number of thiophene rings is 1. The zero-order valence-electron chi connectivity index (χ0n) is 16.2. The molecule has 0 atom stereocenters. The quantitative estimate of drug-likeness (QED) is 0.422. The van der Waals surface area contributed by atoms with Gasteiger partial charge in [0.25, 0.3) is 0 Å². The maximum Gasteiger partial charge on any atom is 0.338 e. The van der Waals surface area contributed by atoms with Crippen molar-refractivity contribution >= 4 is 35.5 Å². The number of anilines is 1. The summed E-state index contributed by atoms with van der Waals surface area (Å²) < 4.78 is 6.79. The van der Waals surface area contributed by atoms with E-state index in [4.69, 9.17) is 4.74 Å². The van der Waals surface area contributed by atoms with Crippen molar-refractivity contribution in [3.05, 3.63) is 77.8 Å². The summed E-state index contributed by atoms with van der Waals surface area (Å²) in [5, 5.41) is 5.42. The average molecular weight is 442 g/mol. The molecule has 0 spiro atoms. The van der Waals surface area contributed by atoms with Crippen molar-refractivity contribution in [3.63, 3.8) is 0 Å². The summed E-state index contributed by atoms with van der Waals surface area (Å²) in [6, 6.07) is 11.4. The minimum atomic E-state index is -0.312. The summed E-state index contributed by atoms with van der Waals surface area (Å²) in [6.07, 6.45) is 6.98. The highest BCUT2D eigenvalue weighted by atomic mass is 35.5. The minimum Gasteiger partial charge on any atom is -0.462 e. The molecule has 3 aromatic heterocycles. The first-order valence-corrected chi connectivity index (χ1v) is 10.0. The molecule has 0 unspecified atom stereocenters. The summed E-state index contributed by atoms with van der Waals surface area (Å²) in [5.41, 5.74) is 2.50. The number of nitrogens with one attached hydrogen (secondary N) is 1. The average Bonchev–Trinajstić information content (AvgIpc) is 3.47. The van der Waals surface area contributed by atoms with Crippen LogP contribution in [0.1, 0.15) is 22.8 Å². The topological polar surface area (TPSA) is 81.9 Å². The number of rotatable bonds is 7. The molecule has 4 rings (SSSR count). The van der Waals surface area contributed by atoms with Crippen LogP contribution in [0.3, 0.4) is 0 Å². The number of carbonyl (C=O) groups is 1. The van der Waals surface area contributed by atoms with Crippen LogP contribution in [0.15, 0.2) is 66.7 Å². The summed E-state index contributed by atoms with van der Waals surface area (Å²) in [5.74, 6) is 0.969. The van der Waals surface area contributed by atoms with Crippen molar-refractivity contribution in [2.24, 2.45) is 0 Å². The predicted octanol–water partition coefficient (Wildman–Crippen LogP) is 4.60. The van der Waals surface area contributed by atoms with Crippen LogP contribution in [0.2, 0.25) is 0 Å². The third kappa shape index (κ3) is 4.84. The molecule has 0 aliphatic rings. The van der Waals surface area contributed by atoms with E-state index in [-0.39, 0.29) is 18.4 Å². The van der Waals surface area contributed by atoms with Gasteiger partial charge in [0, 0.05) is 30.0 Å². The second-order valence-corrected chi connectivity index (χ2v) is 7.10. The number of carbonyl (C=O) groups excluding carboxylic acids is 1. The van der Waals surface area contributed by atoms with E-state index in [1.54, 1.807) is 53.7 Å². The molecule has 4 aromatic rings. The molecule has 9 heteroatoms. The molecule has 0 saturated carbocycles. The number of esters is 1. The lowest BCUT2D eigenvalue weighted by Gasteiger charge is -2.12. The molecule has 0 radical (unpaired) electrons. The number of nitrogens with zero attached hydrogens (tertiary/aromatic N) is 4. The maximum absolute atomic E-state index is 11.8. The number of ether oxygens (including phenoxy) is 1. The van der Waals surface area contributed by atoms with Gasteiger partial charge in [-0.3, -0.25) is 4.57 Å². The van der Waals surface area contributed by atoms with E-state index >= 15 is 0 Å². The molecule has 0 bridgehead atoms. The maximum atomic E-state index is 11.8. The number of aromatic nitrogens is 4. The first-order valence-electron chi connectivity index (χ1n) is 9.14. The molecule has 0 fully saturated rings. The van der Waals surface area contributed by atoms with Crippen molar-refractivity contribution in [1.29, 1.82) is 0 Å². The van der Waals surface area contributed by atoms with Gasteiger partial charge in [0.2, 0.25) is 5.95 Å². The fraction of sp³-hybridized carbons (Fsp3) is 0.143. The Morgan fingerprint density at radius 2 is 2.07 bits per heavy atom. The van der Waals surface area contributed by atoms with Gasteiger partial charge in [-0.05, 0) is 36.1 Å². The van der Waals surface area contributed by atoms with Gasteiger partial charge in [0.15, 0.2) is 0 Å². The summed E-state index contributed by atoms with van der Waals surface area (Å²) in [4.78, 5) is 26.1. The molecular weight excluding hydrogens is 422 g/mol. The van der Waals surface area contributed by atoms with Crippen LogP contribution in [0.5, 0.6) is 0 Å². The molecule has 3 heterocycles. The van der Waals surface area contributed by atoms with E-state index in [9.17, 15) is 4.79 Å². The molecule has 0 aliphatic heterocycles. The Hall–Kier alpha value is -3.23. The van der Waals surface area contributed by atoms with Gasteiger partial charge < -0.3 is 10.1 Å². The Labute approximate surface area is 184 Å². The van der Waals surface area contributed by atoms with Crippen molar-refractivity contribution in [1.82, 2.24) is 19.5 Å². The lowest BCUT2D eigenvalue weighted by molar-refractivity contribution is 0.0526. The number of halogens is 1. The minimum absolute atomic E-state index is 0. The number of imidazole rings is 1. The molecular formula is C21H20ClN5O2S. The third-order valence-corrected chi connectivity index (χ3v) is 5.13. The fourth-order valence-corrected chi connectivity index (χ4v) is 3.52. The van der Waals surface area contributed by atoms with Gasteiger partial charge in [-0.1, -0.05) is 18.2 Å². The molecule has 7 nitrogen and oxygen atoms in total. The van der Waals surface area contributed by atoms with E-state index in [1.807, 2.05) is 35.8 Å². The van der Waals surface area contributed by atoms with E-state index in [0.717, 1.165) is 21.8 Å². The highest BCUT2D eigenvalue weighted by Gasteiger charge is 2.12. The van der Waals surface area contributed by atoms with Crippen molar-refractivity contribution in [2.45, 2.75) is 13.5 Å². The van der Waals surface area contributed by atoms with Crippen LogP contribution >= 0.6 is 23.7 Å². The second-order valence-electron chi connectivity index (χ2n) is 6.15. The van der Waals surface area contributed by atoms with Crippen molar-refractivity contribution in [3.8, 4) is 16.4 Å². The van der Waals surface area contributed by atoms with Crippen LogP contribution in [0.4, 0.5) is 5.82 Å². The van der Waals surface area contributed by atoms with Crippen molar-refractivity contribution < 1.29 is 9.53 Å². The first-order chi connectivity index (χ1) is 14.2. The summed E-state index contributed by atoms with van der Waals surface area (Å²) in [6.45, 7) is 2.71. The van der Waals surface area contributed by atoms with Crippen LogP contribution in [0.25, 0.3) is 16.4 Å². The summed E-state index contributed by atoms with van der Waals surface area (Å²) >= 11 is 1.63. The van der Waals surface area contributed by atoms with E-state index in [0.29, 0.717) is 24.7 Å². The van der Waals surface area contributed by atoms with Gasteiger partial charge in [-0.25, -0.2) is 14.8 Å². The smallest absolute Gasteiger partial charge is 0.338 e. The number of hydrogen-bond donors (Lipinski definition) is 1. The molecule has 154 valence electrons. The Balaban J connectivity index is 0.00000256.